The lowest BCUT2D eigenvalue weighted by Crippen LogP contribution is -2.12. The van der Waals surface area contributed by atoms with Gasteiger partial charge in [-0.15, -0.1) is 0 Å². The van der Waals surface area contributed by atoms with Gasteiger partial charge in [-0.3, -0.25) is 15.0 Å². The minimum Gasteiger partial charge on any atom is -0.258 e. The van der Waals surface area contributed by atoms with E-state index in [1.54, 1.807) is 18.2 Å². The third-order valence-corrected chi connectivity index (χ3v) is 4.89. The quantitative estimate of drug-likeness (QED) is 0.490. The molecule has 1 aliphatic rings. The van der Waals surface area contributed by atoms with E-state index in [0.717, 1.165) is 10.0 Å². The predicted octanol–water partition coefficient (Wildman–Crippen LogP) is 2.54. The zero-order valence-electron chi connectivity index (χ0n) is 11.5. The first-order valence-corrected chi connectivity index (χ1v) is 7.86. The third-order valence-electron chi connectivity index (χ3n) is 3.27. The summed E-state index contributed by atoms with van der Waals surface area (Å²) in [5, 5.41) is 10.8. The Morgan fingerprint density at radius 1 is 1.18 bits per heavy atom. The van der Waals surface area contributed by atoms with Crippen molar-refractivity contribution in [2.75, 3.05) is 0 Å². The number of non-ortho nitro benzene ring substituents is 1. The molecule has 2 aromatic rings. The van der Waals surface area contributed by atoms with Crippen LogP contribution in [-0.4, -0.2) is 17.8 Å². The summed E-state index contributed by atoms with van der Waals surface area (Å²) in [6.07, 6.45) is -0.828. The number of hydrogen-bond donors (Lipinski definition) is 0. The van der Waals surface area contributed by atoms with Crippen LogP contribution in [0.1, 0.15) is 17.4 Å². The van der Waals surface area contributed by atoms with Gasteiger partial charge in [0.25, 0.3) is 15.7 Å². The molecule has 0 aromatic heterocycles. The van der Waals surface area contributed by atoms with Gasteiger partial charge < -0.3 is 0 Å². The van der Waals surface area contributed by atoms with Gasteiger partial charge >= 0.3 is 0 Å². The third kappa shape index (κ3) is 2.59. The topological polar surface area (TPSA) is 92.8 Å². The minimum absolute atomic E-state index is 0.110. The van der Waals surface area contributed by atoms with Crippen molar-refractivity contribution in [1.82, 2.24) is 4.47 Å². The number of sulfonamides is 1. The Kier molecular flexibility index (Phi) is 3.44. The summed E-state index contributed by atoms with van der Waals surface area (Å²) in [5.41, 5.74) is 1.26. The molecule has 1 fully saturated rings. The second kappa shape index (κ2) is 5.16. The molecule has 114 valence electrons. The molecule has 22 heavy (non-hydrogen) atoms. The summed E-state index contributed by atoms with van der Waals surface area (Å²) < 4.78 is 25.6. The Hall–Kier alpha value is -2.29. The number of nitro groups is 1. The fourth-order valence-electron chi connectivity index (χ4n) is 2.04. The van der Waals surface area contributed by atoms with Crippen LogP contribution in [0, 0.1) is 17.0 Å². The number of hydroxylamine groups is 1. The standard InChI is InChI=1S/C14H12N2O5S/c1-10-5-7-13(8-6-10)22(19,20)16-14(21-16)11-3-2-4-12(9-11)15(17)18/h2-9,14H,1H3. The van der Waals surface area contributed by atoms with E-state index in [-0.39, 0.29) is 10.6 Å². The van der Waals surface area contributed by atoms with Crippen LogP contribution in [0.4, 0.5) is 5.69 Å². The summed E-state index contributed by atoms with van der Waals surface area (Å²) in [7, 11) is -3.77. The van der Waals surface area contributed by atoms with Gasteiger partial charge in [0.15, 0.2) is 6.23 Å². The van der Waals surface area contributed by atoms with Gasteiger partial charge in [-0.05, 0) is 23.5 Å². The van der Waals surface area contributed by atoms with Crippen molar-refractivity contribution in [1.29, 1.82) is 0 Å². The average Bonchev–Trinajstić information content (AvgIpc) is 3.29. The lowest BCUT2D eigenvalue weighted by atomic mass is 10.2. The molecule has 0 amide bonds. The number of hydrogen-bond acceptors (Lipinski definition) is 5. The van der Waals surface area contributed by atoms with E-state index in [1.165, 1.54) is 30.3 Å². The lowest BCUT2D eigenvalue weighted by Gasteiger charge is -2.03. The van der Waals surface area contributed by atoms with Crippen molar-refractivity contribution >= 4 is 15.7 Å². The molecule has 1 heterocycles. The normalized spacial score (nSPS) is 20.6. The number of rotatable bonds is 4. The van der Waals surface area contributed by atoms with Gasteiger partial charge in [0.2, 0.25) is 0 Å². The summed E-state index contributed by atoms with van der Waals surface area (Å²) in [4.78, 5) is 15.5. The SMILES string of the molecule is Cc1ccc(S(=O)(=O)N2OC2c2cccc([N+](=O)[O-])c2)cc1. The Bertz CT molecular complexity index is 833. The van der Waals surface area contributed by atoms with E-state index in [9.17, 15) is 18.5 Å². The van der Waals surface area contributed by atoms with Crippen LogP contribution in [0.5, 0.6) is 0 Å². The number of aryl methyl sites for hydroxylation is 1. The molecule has 3 rings (SSSR count). The largest absolute Gasteiger partial charge is 0.269 e. The molecule has 1 aliphatic heterocycles. The monoisotopic (exact) mass is 320 g/mol. The van der Waals surface area contributed by atoms with Gasteiger partial charge in [0, 0.05) is 17.7 Å². The fourth-order valence-corrected chi connectivity index (χ4v) is 3.30. The van der Waals surface area contributed by atoms with E-state index in [2.05, 4.69) is 0 Å². The maximum absolute atomic E-state index is 12.4. The molecule has 7 nitrogen and oxygen atoms in total. The fraction of sp³-hybridized carbons (Fsp3) is 0.143. The molecule has 0 spiro atoms. The highest BCUT2D eigenvalue weighted by molar-refractivity contribution is 7.89. The number of nitrogens with zero attached hydrogens (tertiary/aromatic N) is 2. The molecule has 1 saturated heterocycles. The highest BCUT2D eigenvalue weighted by Gasteiger charge is 2.49. The molecule has 2 unspecified atom stereocenters. The van der Waals surface area contributed by atoms with Crippen LogP contribution >= 0.6 is 0 Å². The first-order chi connectivity index (χ1) is 10.4. The van der Waals surface area contributed by atoms with Gasteiger partial charge in [-0.1, -0.05) is 29.8 Å². The molecular weight excluding hydrogens is 308 g/mol. The molecule has 2 atom stereocenters. The minimum atomic E-state index is -3.77. The van der Waals surface area contributed by atoms with Crippen LogP contribution in [0.3, 0.4) is 0 Å². The molecule has 2 aromatic carbocycles. The van der Waals surface area contributed by atoms with Crippen LogP contribution in [0.2, 0.25) is 0 Å². The van der Waals surface area contributed by atoms with E-state index >= 15 is 0 Å². The maximum atomic E-state index is 12.4. The summed E-state index contributed by atoms with van der Waals surface area (Å²) in [6.45, 7) is 1.86. The zero-order valence-corrected chi connectivity index (χ0v) is 12.4. The Morgan fingerprint density at radius 3 is 2.50 bits per heavy atom. The maximum Gasteiger partial charge on any atom is 0.269 e. The predicted molar refractivity (Wildman–Crippen MR) is 77.1 cm³/mol. The Morgan fingerprint density at radius 2 is 1.86 bits per heavy atom. The van der Waals surface area contributed by atoms with Crippen LogP contribution < -0.4 is 0 Å². The van der Waals surface area contributed by atoms with E-state index < -0.39 is 21.2 Å². The van der Waals surface area contributed by atoms with Gasteiger partial charge in [-0.2, -0.15) is 0 Å². The second-order valence-corrected chi connectivity index (χ2v) is 6.66. The second-order valence-electron chi connectivity index (χ2n) is 4.88. The summed E-state index contributed by atoms with van der Waals surface area (Å²) >= 11 is 0. The van der Waals surface area contributed by atoms with Gasteiger partial charge in [0.05, 0.1) is 9.82 Å². The zero-order chi connectivity index (χ0) is 15.9. The van der Waals surface area contributed by atoms with E-state index in [1.807, 2.05) is 6.92 Å². The van der Waals surface area contributed by atoms with Crippen molar-refractivity contribution in [3.05, 3.63) is 69.8 Å². The van der Waals surface area contributed by atoms with Crippen LogP contribution in [0.25, 0.3) is 0 Å². The summed E-state index contributed by atoms with van der Waals surface area (Å²) in [6, 6.07) is 12.1. The molecule has 0 bridgehead atoms. The van der Waals surface area contributed by atoms with Crippen molar-refractivity contribution < 1.29 is 18.2 Å². The molecule has 0 N–H and O–H groups in total. The van der Waals surface area contributed by atoms with Gasteiger partial charge in [-0.25, -0.2) is 8.42 Å². The van der Waals surface area contributed by atoms with E-state index in [4.69, 9.17) is 4.84 Å². The van der Waals surface area contributed by atoms with E-state index in [0.29, 0.717) is 5.56 Å². The first kappa shape index (κ1) is 14.6. The van der Waals surface area contributed by atoms with Crippen molar-refractivity contribution in [2.45, 2.75) is 18.0 Å². The van der Waals surface area contributed by atoms with Crippen LogP contribution in [0.15, 0.2) is 53.4 Å². The number of nitro benzene ring substituents is 1. The van der Waals surface area contributed by atoms with Crippen molar-refractivity contribution in [3.63, 3.8) is 0 Å². The Labute approximate surface area is 126 Å². The molecule has 0 aliphatic carbocycles. The summed E-state index contributed by atoms with van der Waals surface area (Å²) in [5.74, 6) is 0. The lowest BCUT2D eigenvalue weighted by molar-refractivity contribution is -0.384. The first-order valence-electron chi connectivity index (χ1n) is 6.42. The molecule has 0 saturated carbocycles. The Balaban J connectivity index is 1.86. The highest BCUT2D eigenvalue weighted by atomic mass is 32.2. The molecule has 0 radical (unpaired) electrons. The smallest absolute Gasteiger partial charge is 0.258 e. The van der Waals surface area contributed by atoms with Crippen molar-refractivity contribution in [2.24, 2.45) is 0 Å². The van der Waals surface area contributed by atoms with Gasteiger partial charge in [0.1, 0.15) is 0 Å². The molecule has 8 heteroatoms. The van der Waals surface area contributed by atoms with Crippen molar-refractivity contribution in [3.8, 4) is 0 Å². The average molecular weight is 320 g/mol. The molecular formula is C14H12N2O5S. The number of benzene rings is 2. The highest BCUT2D eigenvalue weighted by Crippen LogP contribution is 2.42. The van der Waals surface area contributed by atoms with Crippen LogP contribution in [-0.2, 0) is 14.9 Å².